The van der Waals surface area contributed by atoms with Crippen molar-refractivity contribution in [3.05, 3.63) is 0 Å². The molecule has 9 nitrogen and oxygen atoms in total. The Balaban J connectivity index is 0.800. The Bertz CT molecular complexity index is 1120. The molecule has 6 unspecified atom stereocenters. The molecule has 2 N–H and O–H groups in total. The molecular formula is C44H72O9. The van der Waals surface area contributed by atoms with Crippen molar-refractivity contribution in [3.63, 3.8) is 0 Å². The van der Waals surface area contributed by atoms with Gasteiger partial charge in [0, 0.05) is 13.2 Å². The Kier molecular flexibility index (Phi) is 16.2. The second kappa shape index (κ2) is 21.0. The summed E-state index contributed by atoms with van der Waals surface area (Å²) in [5.74, 6) is 0.638. The summed E-state index contributed by atoms with van der Waals surface area (Å²) in [6.07, 6.45) is 28.0. The largest absolute Gasteiger partial charge is 0.481 e. The normalized spacial score (nSPS) is 36.5. The first kappa shape index (κ1) is 40.9. The first-order chi connectivity index (χ1) is 25.8. The van der Waals surface area contributed by atoms with Gasteiger partial charge in [-0.05, 0) is 144 Å². The van der Waals surface area contributed by atoms with Gasteiger partial charge in [-0.2, -0.15) is 0 Å². The van der Waals surface area contributed by atoms with Gasteiger partial charge in [-0.3, -0.25) is 14.4 Å². The van der Waals surface area contributed by atoms with E-state index < -0.39 is 23.8 Å². The van der Waals surface area contributed by atoms with E-state index >= 15 is 0 Å². The van der Waals surface area contributed by atoms with Crippen molar-refractivity contribution in [2.24, 2.45) is 59.2 Å². The molecule has 6 atom stereocenters. The molecule has 0 aromatic rings. The van der Waals surface area contributed by atoms with Crippen LogP contribution in [0.2, 0.25) is 0 Å². The number of carbonyl (C=O) groups is 3. The summed E-state index contributed by atoms with van der Waals surface area (Å²) < 4.78 is 12.1. The van der Waals surface area contributed by atoms with E-state index in [4.69, 9.17) is 19.2 Å². The highest BCUT2D eigenvalue weighted by atomic mass is 17.2. The first-order valence-corrected chi connectivity index (χ1v) is 22.4. The van der Waals surface area contributed by atoms with Gasteiger partial charge in [0.15, 0.2) is 0 Å². The van der Waals surface area contributed by atoms with E-state index in [0.717, 1.165) is 109 Å². The van der Waals surface area contributed by atoms with Crippen molar-refractivity contribution in [3.8, 4) is 0 Å². The molecule has 6 rings (SSSR count). The standard InChI is InChI=1S/C44H72O9/c45-42(46)39-21-15-34(32-7-3-1-4-8-32)27-36(39)29-51-53-38-19-13-31(14-20-38)24-26-50-25-23-30-11-17-37(18-12-30)52-44(49)41-28-35(16-22-40(41)43(47)48)33-9-5-2-6-10-33/h30-41H,1-29H2,(H,45,46)(H,47,48). The van der Waals surface area contributed by atoms with Crippen molar-refractivity contribution in [1.29, 1.82) is 0 Å². The average molecular weight is 745 g/mol. The first-order valence-electron chi connectivity index (χ1n) is 22.4. The van der Waals surface area contributed by atoms with Gasteiger partial charge < -0.3 is 19.7 Å². The molecule has 6 aliphatic carbocycles. The summed E-state index contributed by atoms with van der Waals surface area (Å²) in [7, 11) is 0. The molecule has 0 aromatic carbocycles. The fraction of sp³-hybridized carbons (Fsp3) is 0.932. The van der Waals surface area contributed by atoms with Crippen molar-refractivity contribution in [1.82, 2.24) is 0 Å². The molecule has 302 valence electrons. The van der Waals surface area contributed by atoms with Crippen LogP contribution in [0.15, 0.2) is 0 Å². The minimum atomic E-state index is -0.838. The van der Waals surface area contributed by atoms with Crippen LogP contribution < -0.4 is 0 Å². The van der Waals surface area contributed by atoms with Gasteiger partial charge in [0.25, 0.3) is 0 Å². The Hall–Kier alpha value is -1.71. The SMILES string of the molecule is O=C(O)C1CCC(C2CCCCC2)CC1COOC1CCC(CCOCCC2CCC(OC(=O)C3CC(C4CCCCC4)CCC3C(=O)O)CC2)CC1. The Morgan fingerprint density at radius 1 is 0.491 bits per heavy atom. The Labute approximate surface area is 319 Å². The lowest BCUT2D eigenvalue weighted by Gasteiger charge is -2.39. The maximum absolute atomic E-state index is 13.3. The average Bonchev–Trinajstić information content (AvgIpc) is 3.19. The lowest BCUT2D eigenvalue weighted by atomic mass is 9.67. The summed E-state index contributed by atoms with van der Waals surface area (Å²) in [6.45, 7) is 1.95. The number of hydrogen-bond donors (Lipinski definition) is 2. The van der Waals surface area contributed by atoms with Crippen LogP contribution in [0.5, 0.6) is 0 Å². The summed E-state index contributed by atoms with van der Waals surface area (Å²) in [5.41, 5.74) is 0. The molecule has 0 aromatic heterocycles. The van der Waals surface area contributed by atoms with Crippen molar-refractivity contribution in [2.45, 2.75) is 179 Å². The van der Waals surface area contributed by atoms with Crippen LogP contribution in [0.3, 0.4) is 0 Å². The van der Waals surface area contributed by atoms with E-state index in [1.54, 1.807) is 0 Å². The van der Waals surface area contributed by atoms with Crippen LogP contribution >= 0.6 is 0 Å². The monoisotopic (exact) mass is 745 g/mol. The van der Waals surface area contributed by atoms with Gasteiger partial charge in [-0.15, -0.1) is 0 Å². The topological polar surface area (TPSA) is 129 Å². The molecule has 6 fully saturated rings. The number of carboxylic acids is 2. The van der Waals surface area contributed by atoms with Crippen LogP contribution in [0.1, 0.15) is 167 Å². The molecule has 6 aliphatic rings. The van der Waals surface area contributed by atoms with Crippen molar-refractivity contribution in [2.75, 3.05) is 19.8 Å². The zero-order valence-electron chi connectivity index (χ0n) is 32.7. The van der Waals surface area contributed by atoms with E-state index in [-0.39, 0.29) is 30.0 Å². The third-order valence-electron chi connectivity index (χ3n) is 15.2. The van der Waals surface area contributed by atoms with Crippen LogP contribution in [0, 0.1) is 59.2 Å². The van der Waals surface area contributed by atoms with Gasteiger partial charge in [0.2, 0.25) is 0 Å². The highest BCUT2D eigenvalue weighted by Crippen LogP contribution is 2.45. The number of aliphatic carboxylic acids is 2. The van der Waals surface area contributed by atoms with Crippen LogP contribution in [-0.4, -0.2) is 60.1 Å². The summed E-state index contributed by atoms with van der Waals surface area (Å²) in [6, 6.07) is 0. The van der Waals surface area contributed by atoms with Crippen molar-refractivity contribution < 1.29 is 43.8 Å². The Morgan fingerprint density at radius 2 is 1.00 bits per heavy atom. The fourth-order valence-electron chi connectivity index (χ4n) is 11.8. The zero-order chi connectivity index (χ0) is 37.0. The number of carboxylic acid groups (broad SMARTS) is 2. The fourth-order valence-corrected chi connectivity index (χ4v) is 11.8. The molecule has 0 bridgehead atoms. The molecule has 0 saturated heterocycles. The van der Waals surface area contributed by atoms with E-state index in [9.17, 15) is 24.6 Å². The lowest BCUT2D eigenvalue weighted by molar-refractivity contribution is -0.337. The van der Waals surface area contributed by atoms with Crippen LogP contribution in [-0.2, 0) is 33.6 Å². The molecule has 6 saturated carbocycles. The highest BCUT2D eigenvalue weighted by molar-refractivity contribution is 5.81. The predicted molar refractivity (Wildman–Crippen MR) is 202 cm³/mol. The van der Waals surface area contributed by atoms with Gasteiger partial charge in [0.05, 0.1) is 30.5 Å². The Morgan fingerprint density at radius 3 is 1.55 bits per heavy atom. The second-order valence-electron chi connectivity index (χ2n) is 18.5. The molecule has 0 radical (unpaired) electrons. The van der Waals surface area contributed by atoms with E-state index in [2.05, 4.69) is 0 Å². The smallest absolute Gasteiger partial charge is 0.310 e. The molecular weight excluding hydrogens is 672 g/mol. The lowest BCUT2D eigenvalue weighted by Crippen LogP contribution is -2.40. The highest BCUT2D eigenvalue weighted by Gasteiger charge is 2.43. The third-order valence-corrected chi connectivity index (χ3v) is 15.2. The molecule has 53 heavy (non-hydrogen) atoms. The zero-order valence-corrected chi connectivity index (χ0v) is 32.7. The number of carbonyl (C=O) groups excluding carboxylic acids is 1. The van der Waals surface area contributed by atoms with Crippen LogP contribution in [0.4, 0.5) is 0 Å². The van der Waals surface area contributed by atoms with Gasteiger partial charge in [0.1, 0.15) is 6.10 Å². The minimum Gasteiger partial charge on any atom is -0.481 e. The molecule has 0 aliphatic heterocycles. The predicted octanol–water partition coefficient (Wildman–Crippen LogP) is 9.79. The summed E-state index contributed by atoms with van der Waals surface area (Å²) >= 11 is 0. The van der Waals surface area contributed by atoms with Crippen molar-refractivity contribution >= 4 is 17.9 Å². The molecule has 0 heterocycles. The number of esters is 1. The second-order valence-corrected chi connectivity index (χ2v) is 18.5. The van der Waals surface area contributed by atoms with Gasteiger partial charge >= 0.3 is 17.9 Å². The summed E-state index contributed by atoms with van der Waals surface area (Å²) in [5, 5.41) is 19.7. The molecule has 9 heteroatoms. The number of hydrogen-bond acceptors (Lipinski definition) is 7. The minimum absolute atomic E-state index is 0.0490. The summed E-state index contributed by atoms with van der Waals surface area (Å²) in [4.78, 5) is 49.0. The van der Waals surface area contributed by atoms with Gasteiger partial charge in [-0.25, -0.2) is 9.78 Å². The number of rotatable bonds is 16. The van der Waals surface area contributed by atoms with E-state index in [0.29, 0.717) is 49.0 Å². The van der Waals surface area contributed by atoms with Crippen LogP contribution in [0.25, 0.3) is 0 Å². The maximum atomic E-state index is 13.3. The maximum Gasteiger partial charge on any atom is 0.310 e. The quantitative estimate of drug-likeness (QED) is 0.0687. The number of ether oxygens (including phenoxy) is 2. The van der Waals surface area contributed by atoms with E-state index in [1.165, 1.54) is 64.2 Å². The molecule has 0 amide bonds. The van der Waals surface area contributed by atoms with Gasteiger partial charge in [-0.1, -0.05) is 64.2 Å². The third kappa shape index (κ3) is 12.1. The molecule has 0 spiro atoms. The van der Waals surface area contributed by atoms with E-state index in [1.807, 2.05) is 0 Å².